The molecule has 0 aliphatic carbocycles. The molecule has 0 bridgehead atoms. The maximum Gasteiger partial charge on any atom is 0.322 e. The molecule has 96 valence electrons. The minimum atomic E-state index is -3.89. The van der Waals surface area contributed by atoms with E-state index in [0.29, 0.717) is 0 Å². The summed E-state index contributed by atoms with van der Waals surface area (Å²) in [7, 11) is -3.89. The van der Waals surface area contributed by atoms with Gasteiger partial charge in [0.15, 0.2) is 5.03 Å². The molecule has 0 radical (unpaired) electrons. The molecule has 0 fully saturated rings. The van der Waals surface area contributed by atoms with Crippen molar-refractivity contribution in [3.8, 4) is 0 Å². The second-order valence-corrected chi connectivity index (χ2v) is 6.36. The molecule has 7 nitrogen and oxygen atoms in total. The SMILES string of the molecule is CC(C)(C)C(NS(=O)(=O)c1cnc[nH]1)C(=O)O. The smallest absolute Gasteiger partial charge is 0.322 e. The van der Waals surface area contributed by atoms with Gasteiger partial charge < -0.3 is 10.1 Å². The van der Waals surface area contributed by atoms with Crippen molar-refractivity contribution in [3.05, 3.63) is 12.5 Å². The summed E-state index contributed by atoms with van der Waals surface area (Å²) in [5, 5.41) is 8.86. The number of carbonyl (C=O) groups is 1. The van der Waals surface area contributed by atoms with Crippen molar-refractivity contribution >= 4 is 16.0 Å². The van der Waals surface area contributed by atoms with Crippen LogP contribution in [0.2, 0.25) is 0 Å². The molecule has 0 spiro atoms. The molecule has 17 heavy (non-hydrogen) atoms. The highest BCUT2D eigenvalue weighted by Crippen LogP contribution is 2.21. The van der Waals surface area contributed by atoms with Crippen molar-refractivity contribution in [1.82, 2.24) is 14.7 Å². The predicted molar refractivity (Wildman–Crippen MR) is 59.8 cm³/mol. The van der Waals surface area contributed by atoms with E-state index in [1.165, 1.54) is 6.33 Å². The zero-order valence-corrected chi connectivity index (χ0v) is 10.6. The quantitative estimate of drug-likeness (QED) is 0.716. The molecule has 3 N–H and O–H groups in total. The zero-order valence-electron chi connectivity index (χ0n) is 9.76. The fraction of sp³-hybridized carbons (Fsp3) is 0.556. The Bertz CT molecular complexity index is 487. The highest BCUT2D eigenvalue weighted by Gasteiger charge is 2.35. The van der Waals surface area contributed by atoms with Crippen LogP contribution >= 0.6 is 0 Å². The van der Waals surface area contributed by atoms with E-state index in [0.717, 1.165) is 6.20 Å². The second-order valence-electron chi connectivity index (χ2n) is 4.67. The third-order valence-electron chi connectivity index (χ3n) is 2.15. The Morgan fingerprint density at radius 2 is 2.12 bits per heavy atom. The fourth-order valence-electron chi connectivity index (χ4n) is 1.21. The van der Waals surface area contributed by atoms with Gasteiger partial charge in [0.2, 0.25) is 0 Å². The molecule has 1 rings (SSSR count). The van der Waals surface area contributed by atoms with Gasteiger partial charge in [-0.25, -0.2) is 13.4 Å². The Morgan fingerprint density at radius 1 is 1.53 bits per heavy atom. The molecule has 1 aromatic rings. The number of aromatic amines is 1. The van der Waals surface area contributed by atoms with Gasteiger partial charge in [0.05, 0.1) is 12.5 Å². The highest BCUT2D eigenvalue weighted by atomic mass is 32.2. The number of imidazole rings is 1. The van der Waals surface area contributed by atoms with E-state index in [4.69, 9.17) is 5.11 Å². The normalized spacial score (nSPS) is 14.5. The van der Waals surface area contributed by atoms with Crippen LogP contribution in [0.25, 0.3) is 0 Å². The summed E-state index contributed by atoms with van der Waals surface area (Å²) in [5.74, 6) is -1.22. The molecule has 1 unspecified atom stereocenters. The molecule has 0 aromatic carbocycles. The van der Waals surface area contributed by atoms with Crippen LogP contribution in [0.4, 0.5) is 0 Å². The maximum atomic E-state index is 11.8. The lowest BCUT2D eigenvalue weighted by Gasteiger charge is -2.27. The van der Waals surface area contributed by atoms with E-state index in [1.807, 2.05) is 0 Å². The van der Waals surface area contributed by atoms with Crippen LogP contribution in [0.1, 0.15) is 20.8 Å². The predicted octanol–water partition coefficient (Wildman–Crippen LogP) is 0.187. The van der Waals surface area contributed by atoms with Gasteiger partial charge in [0.1, 0.15) is 6.04 Å². The molecular weight excluding hydrogens is 246 g/mol. The van der Waals surface area contributed by atoms with E-state index >= 15 is 0 Å². The van der Waals surface area contributed by atoms with Gasteiger partial charge in [-0.1, -0.05) is 20.8 Å². The summed E-state index contributed by atoms with van der Waals surface area (Å²) >= 11 is 0. The summed E-state index contributed by atoms with van der Waals surface area (Å²) in [6.45, 7) is 4.92. The summed E-state index contributed by atoms with van der Waals surface area (Å²) < 4.78 is 25.8. The maximum absolute atomic E-state index is 11.8. The van der Waals surface area contributed by atoms with Crippen molar-refractivity contribution in [3.63, 3.8) is 0 Å². The van der Waals surface area contributed by atoms with Crippen LogP contribution in [-0.2, 0) is 14.8 Å². The number of H-pyrrole nitrogens is 1. The monoisotopic (exact) mass is 261 g/mol. The van der Waals surface area contributed by atoms with Gasteiger partial charge in [-0.2, -0.15) is 4.72 Å². The van der Waals surface area contributed by atoms with E-state index in [-0.39, 0.29) is 5.03 Å². The third kappa shape index (κ3) is 3.27. The molecule has 0 aliphatic heterocycles. The number of hydrogen-bond donors (Lipinski definition) is 3. The largest absolute Gasteiger partial charge is 0.480 e. The molecule has 8 heteroatoms. The minimum Gasteiger partial charge on any atom is -0.480 e. The van der Waals surface area contributed by atoms with Crippen LogP contribution in [0.3, 0.4) is 0 Å². The lowest BCUT2D eigenvalue weighted by molar-refractivity contribution is -0.141. The Labute approximate surface area is 99.3 Å². The Morgan fingerprint density at radius 3 is 2.47 bits per heavy atom. The fourth-order valence-corrected chi connectivity index (χ4v) is 2.51. The first-order chi connectivity index (χ1) is 7.64. The average molecular weight is 261 g/mol. The molecule has 0 saturated carbocycles. The Hall–Kier alpha value is -1.41. The van der Waals surface area contributed by atoms with Crippen molar-refractivity contribution in [2.45, 2.75) is 31.8 Å². The number of carboxylic acids is 1. The second kappa shape index (κ2) is 4.46. The molecule has 0 aliphatic rings. The van der Waals surface area contributed by atoms with Crippen LogP contribution in [0.5, 0.6) is 0 Å². The molecule has 1 aromatic heterocycles. The van der Waals surface area contributed by atoms with Gasteiger partial charge in [0.25, 0.3) is 10.0 Å². The summed E-state index contributed by atoms with van der Waals surface area (Å²) in [5.41, 5.74) is -0.737. The number of aliphatic carboxylic acids is 1. The van der Waals surface area contributed by atoms with Gasteiger partial charge in [-0.05, 0) is 5.41 Å². The van der Waals surface area contributed by atoms with Crippen LogP contribution in [0, 0.1) is 5.41 Å². The number of nitrogens with zero attached hydrogens (tertiary/aromatic N) is 1. The van der Waals surface area contributed by atoms with E-state index in [9.17, 15) is 13.2 Å². The van der Waals surface area contributed by atoms with Crippen LogP contribution in [-0.4, -0.2) is 35.5 Å². The molecule has 0 saturated heterocycles. The van der Waals surface area contributed by atoms with Crippen molar-refractivity contribution < 1.29 is 18.3 Å². The standard InChI is InChI=1S/C9H15N3O4S/c1-9(2,3)7(8(13)14)12-17(15,16)6-4-10-5-11-6/h4-5,7,12H,1-3H3,(H,10,11)(H,13,14). The number of rotatable bonds is 4. The highest BCUT2D eigenvalue weighted by molar-refractivity contribution is 7.89. The van der Waals surface area contributed by atoms with E-state index in [2.05, 4.69) is 14.7 Å². The summed E-state index contributed by atoms with van der Waals surface area (Å²) in [4.78, 5) is 17.0. The summed E-state index contributed by atoms with van der Waals surface area (Å²) in [6, 6.07) is -1.21. The average Bonchev–Trinajstić information content (AvgIpc) is 2.65. The van der Waals surface area contributed by atoms with Crippen LogP contribution in [0.15, 0.2) is 17.6 Å². The Kier molecular flexibility index (Phi) is 3.58. The lowest BCUT2D eigenvalue weighted by Crippen LogP contribution is -2.49. The van der Waals surface area contributed by atoms with Gasteiger partial charge in [0, 0.05) is 0 Å². The van der Waals surface area contributed by atoms with Crippen LogP contribution < -0.4 is 4.72 Å². The van der Waals surface area contributed by atoms with Gasteiger partial charge in [-0.3, -0.25) is 4.79 Å². The molecule has 1 atom stereocenters. The number of hydrogen-bond acceptors (Lipinski definition) is 4. The van der Waals surface area contributed by atoms with Crippen molar-refractivity contribution in [2.24, 2.45) is 5.41 Å². The number of carboxylic acid groups (broad SMARTS) is 1. The number of nitrogens with one attached hydrogen (secondary N) is 2. The van der Waals surface area contributed by atoms with E-state index in [1.54, 1.807) is 20.8 Å². The zero-order chi connectivity index (χ0) is 13.3. The molecule has 0 amide bonds. The van der Waals surface area contributed by atoms with Crippen molar-refractivity contribution in [1.29, 1.82) is 0 Å². The van der Waals surface area contributed by atoms with Crippen molar-refractivity contribution in [2.75, 3.05) is 0 Å². The number of sulfonamides is 1. The van der Waals surface area contributed by atoms with Gasteiger partial charge in [-0.15, -0.1) is 0 Å². The Balaban J connectivity index is 3.01. The third-order valence-corrected chi connectivity index (χ3v) is 3.50. The number of aromatic nitrogens is 2. The lowest BCUT2D eigenvalue weighted by atomic mass is 9.88. The molecular formula is C9H15N3O4S. The van der Waals surface area contributed by atoms with Gasteiger partial charge >= 0.3 is 5.97 Å². The van der Waals surface area contributed by atoms with E-state index < -0.39 is 27.4 Å². The molecule has 1 heterocycles. The first kappa shape index (κ1) is 13.7. The first-order valence-corrected chi connectivity index (χ1v) is 6.36. The topological polar surface area (TPSA) is 112 Å². The minimum absolute atomic E-state index is 0.159. The summed E-state index contributed by atoms with van der Waals surface area (Å²) in [6.07, 6.45) is 2.32. The first-order valence-electron chi connectivity index (χ1n) is 4.88.